The number of esters is 1. The van der Waals surface area contributed by atoms with Gasteiger partial charge >= 0.3 is 5.97 Å². The van der Waals surface area contributed by atoms with Gasteiger partial charge in [-0.15, -0.1) is 0 Å². The van der Waals surface area contributed by atoms with Gasteiger partial charge in [0.05, 0.1) is 17.5 Å². The van der Waals surface area contributed by atoms with Gasteiger partial charge in [-0.1, -0.05) is 12.1 Å². The molecule has 3 aromatic rings. The highest BCUT2D eigenvalue weighted by Gasteiger charge is 2.18. The third kappa shape index (κ3) is 4.03. The summed E-state index contributed by atoms with van der Waals surface area (Å²) in [6.45, 7) is 3.43. The first-order chi connectivity index (χ1) is 13.4. The van der Waals surface area contributed by atoms with Crippen LogP contribution in [-0.2, 0) is 4.74 Å². The highest BCUT2D eigenvalue weighted by molar-refractivity contribution is 5.97. The third-order valence-electron chi connectivity index (χ3n) is 4.10. The molecular weight excluding hydrogens is 366 g/mol. The minimum absolute atomic E-state index is 0.0520. The van der Waals surface area contributed by atoms with Crippen LogP contribution in [0.5, 0.6) is 0 Å². The maximum Gasteiger partial charge on any atom is 0.343 e. The first kappa shape index (κ1) is 19.2. The molecule has 0 aliphatic rings. The SMILES string of the molecule is Cc1nc(/C=C\OC(=O)c2cccc(F)c2)n(C(=O)c2cccc(F)c2)c1C. The van der Waals surface area contributed by atoms with Crippen LogP contribution in [0.3, 0.4) is 0 Å². The number of ether oxygens (including phenoxy) is 1. The molecule has 0 saturated heterocycles. The highest BCUT2D eigenvalue weighted by Crippen LogP contribution is 2.16. The van der Waals surface area contributed by atoms with Crippen molar-refractivity contribution in [3.8, 4) is 0 Å². The van der Waals surface area contributed by atoms with E-state index in [0.29, 0.717) is 11.4 Å². The van der Waals surface area contributed by atoms with Crippen LogP contribution in [0.2, 0.25) is 0 Å². The third-order valence-corrected chi connectivity index (χ3v) is 4.10. The Labute approximate surface area is 159 Å². The van der Waals surface area contributed by atoms with E-state index in [1.165, 1.54) is 47.0 Å². The Morgan fingerprint density at radius 2 is 1.61 bits per heavy atom. The summed E-state index contributed by atoms with van der Waals surface area (Å²) in [5.41, 5.74) is 1.38. The van der Waals surface area contributed by atoms with E-state index < -0.39 is 23.5 Å². The topological polar surface area (TPSA) is 61.2 Å². The van der Waals surface area contributed by atoms with E-state index in [1.54, 1.807) is 13.8 Å². The van der Waals surface area contributed by atoms with Crippen LogP contribution in [0.4, 0.5) is 8.78 Å². The molecule has 142 valence electrons. The number of hydrogen-bond acceptors (Lipinski definition) is 4. The number of carbonyl (C=O) groups is 2. The molecule has 7 heteroatoms. The smallest absolute Gasteiger partial charge is 0.343 e. The van der Waals surface area contributed by atoms with Gasteiger partial charge in [0, 0.05) is 17.3 Å². The molecule has 5 nitrogen and oxygen atoms in total. The summed E-state index contributed by atoms with van der Waals surface area (Å²) in [6, 6.07) is 10.4. The standard InChI is InChI=1S/C21H16F2N2O3/c1-13-14(2)25(20(26)15-5-3-7-17(22)11-15)19(24-13)9-10-28-21(27)16-6-4-8-18(23)12-16/h3-12H,1-2H3/b10-9-. The van der Waals surface area contributed by atoms with Gasteiger partial charge in [0.1, 0.15) is 17.5 Å². The lowest BCUT2D eigenvalue weighted by atomic mass is 10.2. The van der Waals surface area contributed by atoms with Crippen molar-refractivity contribution < 1.29 is 23.1 Å². The van der Waals surface area contributed by atoms with E-state index in [9.17, 15) is 18.4 Å². The summed E-state index contributed by atoms with van der Waals surface area (Å²) in [5.74, 6) is -2.08. The van der Waals surface area contributed by atoms with Gasteiger partial charge in [-0.25, -0.2) is 18.6 Å². The van der Waals surface area contributed by atoms with Crippen LogP contribution in [0.15, 0.2) is 54.8 Å². The van der Waals surface area contributed by atoms with Crippen molar-refractivity contribution in [1.82, 2.24) is 9.55 Å². The number of aromatic nitrogens is 2. The Kier molecular flexibility index (Phi) is 5.44. The second-order valence-electron chi connectivity index (χ2n) is 6.01. The number of imidazole rings is 1. The van der Waals surface area contributed by atoms with E-state index in [4.69, 9.17) is 4.74 Å². The fourth-order valence-corrected chi connectivity index (χ4v) is 2.60. The molecule has 0 radical (unpaired) electrons. The molecule has 28 heavy (non-hydrogen) atoms. The lowest BCUT2D eigenvalue weighted by molar-refractivity contribution is 0.0664. The van der Waals surface area contributed by atoms with Crippen molar-refractivity contribution in [2.75, 3.05) is 0 Å². The fourth-order valence-electron chi connectivity index (χ4n) is 2.60. The number of rotatable bonds is 4. The van der Waals surface area contributed by atoms with Crippen molar-refractivity contribution in [1.29, 1.82) is 0 Å². The van der Waals surface area contributed by atoms with Crippen LogP contribution in [0.1, 0.15) is 37.9 Å². The lowest BCUT2D eigenvalue weighted by Gasteiger charge is -2.07. The van der Waals surface area contributed by atoms with Gasteiger partial charge < -0.3 is 4.74 Å². The van der Waals surface area contributed by atoms with Gasteiger partial charge in [-0.05, 0) is 50.2 Å². The maximum absolute atomic E-state index is 13.5. The van der Waals surface area contributed by atoms with Crippen LogP contribution in [0.25, 0.3) is 6.08 Å². The summed E-state index contributed by atoms with van der Waals surface area (Å²) in [5, 5.41) is 0. The minimum Gasteiger partial charge on any atom is -0.431 e. The number of nitrogens with zero attached hydrogens (tertiary/aromatic N) is 2. The molecule has 0 saturated carbocycles. The van der Waals surface area contributed by atoms with Crippen LogP contribution in [0, 0.1) is 25.5 Å². The molecular formula is C21H16F2N2O3. The average molecular weight is 382 g/mol. The molecule has 1 aromatic heterocycles. The second kappa shape index (κ2) is 7.96. The number of halogens is 2. The Morgan fingerprint density at radius 1 is 1.00 bits per heavy atom. The van der Waals surface area contributed by atoms with Crippen LogP contribution in [-0.4, -0.2) is 21.4 Å². The average Bonchev–Trinajstić information content (AvgIpc) is 2.95. The summed E-state index contributed by atoms with van der Waals surface area (Å²) in [7, 11) is 0. The van der Waals surface area contributed by atoms with Crippen molar-refractivity contribution >= 4 is 18.0 Å². The number of carbonyl (C=O) groups excluding carboxylic acids is 2. The molecule has 0 unspecified atom stereocenters. The predicted octanol–water partition coefficient (Wildman–Crippen LogP) is 4.29. The summed E-state index contributed by atoms with van der Waals surface area (Å²) in [4.78, 5) is 29.0. The number of aryl methyl sites for hydroxylation is 1. The van der Waals surface area contributed by atoms with E-state index >= 15 is 0 Å². The van der Waals surface area contributed by atoms with Crippen LogP contribution < -0.4 is 0 Å². The Bertz CT molecular complexity index is 1090. The quantitative estimate of drug-likeness (QED) is 0.499. The maximum atomic E-state index is 13.5. The highest BCUT2D eigenvalue weighted by atomic mass is 19.1. The molecule has 0 atom stereocenters. The first-order valence-corrected chi connectivity index (χ1v) is 8.36. The second-order valence-corrected chi connectivity index (χ2v) is 6.01. The summed E-state index contributed by atoms with van der Waals surface area (Å²) in [6.07, 6.45) is 2.41. The fraction of sp³-hybridized carbons (Fsp3) is 0.0952. The molecule has 3 rings (SSSR count). The zero-order chi connectivity index (χ0) is 20.3. The van der Waals surface area contributed by atoms with Crippen LogP contribution >= 0.6 is 0 Å². The molecule has 0 spiro atoms. The Balaban J connectivity index is 1.85. The molecule has 2 aromatic carbocycles. The van der Waals surface area contributed by atoms with E-state index in [0.717, 1.165) is 18.4 Å². The monoisotopic (exact) mass is 382 g/mol. The van der Waals surface area contributed by atoms with Crippen molar-refractivity contribution in [3.63, 3.8) is 0 Å². The molecule has 0 bridgehead atoms. The molecule has 0 aliphatic heterocycles. The van der Waals surface area contributed by atoms with Crippen molar-refractivity contribution in [2.24, 2.45) is 0 Å². The lowest BCUT2D eigenvalue weighted by Crippen LogP contribution is -2.15. The van der Waals surface area contributed by atoms with Gasteiger partial charge in [0.25, 0.3) is 5.91 Å². The predicted molar refractivity (Wildman–Crippen MR) is 98.7 cm³/mol. The van der Waals surface area contributed by atoms with E-state index in [1.807, 2.05) is 0 Å². The molecule has 0 N–H and O–H groups in total. The van der Waals surface area contributed by atoms with Gasteiger partial charge in [0.2, 0.25) is 0 Å². The summed E-state index contributed by atoms with van der Waals surface area (Å²) >= 11 is 0. The Hall–Kier alpha value is -3.61. The minimum atomic E-state index is -0.751. The van der Waals surface area contributed by atoms with E-state index in [-0.39, 0.29) is 17.0 Å². The number of benzene rings is 2. The number of hydrogen-bond donors (Lipinski definition) is 0. The zero-order valence-electron chi connectivity index (χ0n) is 15.1. The van der Waals surface area contributed by atoms with E-state index in [2.05, 4.69) is 4.98 Å². The molecule has 1 heterocycles. The summed E-state index contributed by atoms with van der Waals surface area (Å²) < 4.78 is 32.9. The van der Waals surface area contributed by atoms with Crippen molar-refractivity contribution in [2.45, 2.75) is 13.8 Å². The van der Waals surface area contributed by atoms with Gasteiger partial charge in [-0.3, -0.25) is 9.36 Å². The molecule has 0 aliphatic carbocycles. The first-order valence-electron chi connectivity index (χ1n) is 8.36. The molecule has 0 fully saturated rings. The Morgan fingerprint density at radius 3 is 2.25 bits per heavy atom. The largest absolute Gasteiger partial charge is 0.431 e. The van der Waals surface area contributed by atoms with Gasteiger partial charge in [0.15, 0.2) is 0 Å². The normalized spacial score (nSPS) is 11.0. The van der Waals surface area contributed by atoms with Gasteiger partial charge in [-0.2, -0.15) is 0 Å². The van der Waals surface area contributed by atoms with Crippen molar-refractivity contribution in [3.05, 3.63) is 94.8 Å². The molecule has 0 amide bonds. The zero-order valence-corrected chi connectivity index (χ0v) is 15.1.